The van der Waals surface area contributed by atoms with Crippen molar-refractivity contribution in [3.63, 3.8) is 0 Å². The van der Waals surface area contributed by atoms with E-state index >= 15 is 0 Å². The second-order valence-electron chi connectivity index (χ2n) is 7.39. The average Bonchev–Trinajstić information content (AvgIpc) is 3.12. The van der Waals surface area contributed by atoms with E-state index in [9.17, 15) is 9.59 Å². The maximum atomic E-state index is 13.3. The smallest absolute Gasteiger partial charge is 0.313 e. The lowest BCUT2D eigenvalue weighted by molar-refractivity contribution is -0.152. The van der Waals surface area contributed by atoms with Gasteiger partial charge in [0.2, 0.25) is 0 Å². The Hall–Kier alpha value is -3.08. The van der Waals surface area contributed by atoms with Crippen LogP contribution in [-0.2, 0) is 20.5 Å². The fraction of sp³-hybridized carbons (Fsp3) is 0.304. The van der Waals surface area contributed by atoms with E-state index in [-0.39, 0.29) is 18.5 Å². The molecule has 1 N–H and O–H groups in total. The lowest BCUT2D eigenvalue weighted by atomic mass is 9.69. The summed E-state index contributed by atoms with van der Waals surface area (Å²) in [4.78, 5) is 26.2. The molecule has 5 nitrogen and oxygen atoms in total. The molecule has 2 aromatic carbocycles. The standard InChI is InChI=1S/C23H23NO4/c1-5-22(3)16-9-7-8-10-17(16)23(19(22)21(26)28-6-2)18-13-14(27-4)11-12-15(18)20(25)24-23/h5,7-13,19H,1,6H2,2-4H3,(H,24,25)/t19-,22+,23+/m0/s1. The molecule has 1 amide bonds. The van der Waals surface area contributed by atoms with Crippen molar-refractivity contribution in [2.45, 2.75) is 24.8 Å². The highest BCUT2D eigenvalue weighted by atomic mass is 16.5. The van der Waals surface area contributed by atoms with Crippen molar-refractivity contribution in [2.24, 2.45) is 5.92 Å². The van der Waals surface area contributed by atoms with Crippen LogP contribution < -0.4 is 10.1 Å². The van der Waals surface area contributed by atoms with Crippen molar-refractivity contribution in [3.05, 3.63) is 77.4 Å². The summed E-state index contributed by atoms with van der Waals surface area (Å²) < 4.78 is 10.9. The highest BCUT2D eigenvalue weighted by Crippen LogP contribution is 2.59. The lowest BCUT2D eigenvalue weighted by Gasteiger charge is -2.37. The first kappa shape index (κ1) is 18.3. The number of carbonyl (C=O) groups is 2. The van der Waals surface area contributed by atoms with Crippen LogP contribution in [-0.4, -0.2) is 25.6 Å². The summed E-state index contributed by atoms with van der Waals surface area (Å²) in [6.07, 6.45) is 1.78. The number of hydrogen-bond donors (Lipinski definition) is 1. The van der Waals surface area contributed by atoms with E-state index in [1.807, 2.05) is 37.3 Å². The zero-order valence-electron chi connectivity index (χ0n) is 16.2. The Morgan fingerprint density at radius 2 is 1.93 bits per heavy atom. The molecule has 0 radical (unpaired) electrons. The molecular weight excluding hydrogens is 354 g/mol. The van der Waals surface area contributed by atoms with Crippen molar-refractivity contribution >= 4 is 11.9 Å². The van der Waals surface area contributed by atoms with Crippen LogP contribution in [0.25, 0.3) is 0 Å². The van der Waals surface area contributed by atoms with Crippen LogP contribution in [0.5, 0.6) is 5.75 Å². The van der Waals surface area contributed by atoms with Crippen molar-refractivity contribution in [3.8, 4) is 5.75 Å². The van der Waals surface area contributed by atoms with Crippen LogP contribution in [0.2, 0.25) is 0 Å². The molecule has 1 heterocycles. The van der Waals surface area contributed by atoms with Gasteiger partial charge in [-0.25, -0.2) is 0 Å². The van der Waals surface area contributed by atoms with Crippen LogP contribution >= 0.6 is 0 Å². The van der Waals surface area contributed by atoms with Gasteiger partial charge in [-0.2, -0.15) is 0 Å². The molecular formula is C23H23NO4. The quantitative estimate of drug-likeness (QED) is 0.656. The van der Waals surface area contributed by atoms with E-state index in [1.165, 1.54) is 0 Å². The summed E-state index contributed by atoms with van der Waals surface area (Å²) in [5, 5.41) is 3.14. The number of methoxy groups -OCH3 is 1. The first-order valence-corrected chi connectivity index (χ1v) is 9.35. The van der Waals surface area contributed by atoms with Gasteiger partial charge in [0, 0.05) is 11.0 Å². The minimum Gasteiger partial charge on any atom is -0.497 e. The second kappa shape index (κ2) is 6.23. The summed E-state index contributed by atoms with van der Waals surface area (Å²) in [5.74, 6) is -0.638. The van der Waals surface area contributed by atoms with Gasteiger partial charge < -0.3 is 14.8 Å². The summed E-state index contributed by atoms with van der Waals surface area (Å²) >= 11 is 0. The predicted molar refractivity (Wildman–Crippen MR) is 105 cm³/mol. The molecule has 0 aromatic heterocycles. The molecule has 144 valence electrons. The van der Waals surface area contributed by atoms with Gasteiger partial charge in [0.25, 0.3) is 5.91 Å². The number of amides is 1. The van der Waals surface area contributed by atoms with Crippen LogP contribution in [0, 0.1) is 5.92 Å². The number of hydrogen-bond acceptors (Lipinski definition) is 4. The SMILES string of the molecule is C=C[C@]1(C)c2ccccc2[C@]2(NC(=O)c3ccc(OC)cc32)[C@H]1C(=O)OCC. The maximum Gasteiger partial charge on any atom is 0.313 e. The number of rotatable bonds is 4. The normalized spacial score (nSPS) is 27.1. The van der Waals surface area contributed by atoms with Crippen molar-refractivity contribution in [1.29, 1.82) is 0 Å². The van der Waals surface area contributed by atoms with E-state index < -0.39 is 16.9 Å². The molecule has 5 heteroatoms. The number of allylic oxidation sites excluding steroid dienone is 1. The Balaban J connectivity index is 2.09. The number of ether oxygens (including phenoxy) is 2. The highest BCUT2D eigenvalue weighted by molar-refractivity contribution is 6.03. The number of benzene rings is 2. The summed E-state index contributed by atoms with van der Waals surface area (Å²) in [6, 6.07) is 13.1. The van der Waals surface area contributed by atoms with Crippen LogP contribution in [0.1, 0.15) is 40.9 Å². The van der Waals surface area contributed by atoms with Gasteiger partial charge in [0.1, 0.15) is 17.2 Å². The van der Waals surface area contributed by atoms with Crippen molar-refractivity contribution in [1.82, 2.24) is 5.32 Å². The Labute approximate surface area is 164 Å². The molecule has 1 aliphatic carbocycles. The average molecular weight is 377 g/mol. The maximum absolute atomic E-state index is 13.3. The Morgan fingerprint density at radius 3 is 2.57 bits per heavy atom. The summed E-state index contributed by atoms with van der Waals surface area (Å²) in [5.41, 5.74) is 1.37. The molecule has 0 bridgehead atoms. The third-order valence-electron chi connectivity index (χ3n) is 6.12. The van der Waals surface area contributed by atoms with Gasteiger partial charge in [-0.1, -0.05) is 37.3 Å². The molecule has 2 aliphatic rings. The Morgan fingerprint density at radius 1 is 1.21 bits per heavy atom. The number of esters is 1. The predicted octanol–water partition coefficient (Wildman–Crippen LogP) is 3.32. The minimum atomic E-state index is -1.03. The third-order valence-corrected chi connectivity index (χ3v) is 6.12. The zero-order valence-corrected chi connectivity index (χ0v) is 16.2. The first-order chi connectivity index (χ1) is 13.4. The van der Waals surface area contributed by atoms with E-state index in [0.717, 1.165) is 16.7 Å². The zero-order chi connectivity index (χ0) is 20.1. The first-order valence-electron chi connectivity index (χ1n) is 9.35. The third kappa shape index (κ3) is 2.13. The highest BCUT2D eigenvalue weighted by Gasteiger charge is 2.65. The minimum absolute atomic E-state index is 0.213. The van der Waals surface area contributed by atoms with Crippen LogP contribution in [0.15, 0.2) is 55.1 Å². The molecule has 3 atom stereocenters. The number of carbonyl (C=O) groups excluding carboxylic acids is 2. The van der Waals surface area contributed by atoms with Gasteiger partial charge in [-0.15, -0.1) is 6.58 Å². The van der Waals surface area contributed by atoms with E-state index in [1.54, 1.807) is 32.2 Å². The molecule has 4 rings (SSSR count). The molecule has 0 unspecified atom stereocenters. The van der Waals surface area contributed by atoms with Crippen LogP contribution in [0.4, 0.5) is 0 Å². The van der Waals surface area contributed by atoms with Crippen molar-refractivity contribution < 1.29 is 19.1 Å². The van der Waals surface area contributed by atoms with Crippen LogP contribution in [0.3, 0.4) is 0 Å². The van der Waals surface area contributed by atoms with Gasteiger partial charge in [0.05, 0.1) is 13.7 Å². The van der Waals surface area contributed by atoms with E-state index in [2.05, 4.69) is 11.9 Å². The van der Waals surface area contributed by atoms with E-state index in [0.29, 0.717) is 11.3 Å². The molecule has 28 heavy (non-hydrogen) atoms. The topological polar surface area (TPSA) is 64.6 Å². The Bertz CT molecular complexity index is 998. The molecule has 1 aliphatic heterocycles. The second-order valence-corrected chi connectivity index (χ2v) is 7.39. The summed E-state index contributed by atoms with van der Waals surface area (Å²) in [7, 11) is 1.58. The van der Waals surface area contributed by atoms with Gasteiger partial charge in [0.15, 0.2) is 0 Å². The number of nitrogens with one attached hydrogen (secondary N) is 1. The van der Waals surface area contributed by atoms with Gasteiger partial charge in [-0.3, -0.25) is 9.59 Å². The monoisotopic (exact) mass is 377 g/mol. The largest absolute Gasteiger partial charge is 0.497 e. The number of fused-ring (bicyclic) bond motifs is 4. The summed E-state index contributed by atoms with van der Waals surface area (Å²) in [6.45, 7) is 8.03. The van der Waals surface area contributed by atoms with Gasteiger partial charge in [-0.05, 0) is 41.8 Å². The fourth-order valence-electron chi connectivity index (χ4n) is 4.86. The molecule has 0 fully saturated rings. The molecule has 1 spiro atoms. The molecule has 2 aromatic rings. The van der Waals surface area contributed by atoms with E-state index in [4.69, 9.17) is 9.47 Å². The van der Waals surface area contributed by atoms with Gasteiger partial charge >= 0.3 is 5.97 Å². The molecule has 0 saturated heterocycles. The van der Waals surface area contributed by atoms with Crippen molar-refractivity contribution in [2.75, 3.05) is 13.7 Å². The molecule has 0 saturated carbocycles. The Kier molecular flexibility index (Phi) is 4.07. The lowest BCUT2D eigenvalue weighted by Crippen LogP contribution is -2.52. The fourth-order valence-corrected chi connectivity index (χ4v) is 4.86.